The van der Waals surface area contributed by atoms with Crippen LogP contribution in [0.25, 0.3) is 0 Å². The number of carbonyl (C=O) groups excluding carboxylic acids is 1. The van der Waals surface area contributed by atoms with Crippen molar-refractivity contribution < 1.29 is 9.53 Å². The molecule has 28 heavy (non-hydrogen) atoms. The van der Waals surface area contributed by atoms with Gasteiger partial charge in [0.25, 0.3) is 0 Å². The molecule has 1 aromatic carbocycles. The van der Waals surface area contributed by atoms with Crippen molar-refractivity contribution in [3.8, 4) is 5.75 Å². The molecule has 1 N–H and O–H groups in total. The third-order valence-corrected chi connectivity index (χ3v) is 6.02. The first-order valence-corrected chi connectivity index (χ1v) is 9.84. The quantitative estimate of drug-likeness (QED) is 0.882. The van der Waals surface area contributed by atoms with E-state index < -0.39 is 0 Å². The standard InChI is InChI=1S/C21H27N5O2/c1-28-18-13-22-16-23-19(18)24-20(27)26-12-9-21(15-26)7-10-25(11-8-21)14-17-5-3-2-4-6-17/h2-6,13,16H,7-12,14-15H2,1H3,(H,22,23,24,27). The number of hydrogen-bond acceptors (Lipinski definition) is 5. The van der Waals surface area contributed by atoms with Gasteiger partial charge in [-0.1, -0.05) is 30.3 Å². The monoisotopic (exact) mass is 381 g/mol. The maximum absolute atomic E-state index is 12.7. The molecule has 0 bridgehead atoms. The number of anilines is 1. The number of rotatable bonds is 4. The van der Waals surface area contributed by atoms with Crippen LogP contribution in [0.4, 0.5) is 10.6 Å². The van der Waals surface area contributed by atoms with Crippen LogP contribution in [0.2, 0.25) is 0 Å². The zero-order chi connectivity index (χ0) is 19.4. The van der Waals surface area contributed by atoms with Gasteiger partial charge in [0.05, 0.1) is 13.3 Å². The Bertz CT molecular complexity index is 805. The fourth-order valence-electron chi connectivity index (χ4n) is 4.28. The van der Waals surface area contributed by atoms with Crippen LogP contribution in [-0.4, -0.2) is 59.1 Å². The van der Waals surface area contributed by atoms with Crippen LogP contribution in [0.3, 0.4) is 0 Å². The lowest BCUT2D eigenvalue weighted by Crippen LogP contribution is -2.42. The summed E-state index contributed by atoms with van der Waals surface area (Å²) < 4.78 is 5.22. The molecule has 7 heteroatoms. The van der Waals surface area contributed by atoms with Crippen molar-refractivity contribution in [1.82, 2.24) is 19.8 Å². The lowest BCUT2D eigenvalue weighted by Gasteiger charge is -2.39. The van der Waals surface area contributed by atoms with E-state index in [1.165, 1.54) is 11.9 Å². The Balaban J connectivity index is 1.31. The van der Waals surface area contributed by atoms with Gasteiger partial charge in [-0.15, -0.1) is 0 Å². The van der Waals surface area contributed by atoms with Gasteiger partial charge in [0.2, 0.25) is 0 Å². The molecule has 0 aliphatic carbocycles. The first-order chi connectivity index (χ1) is 13.7. The molecule has 0 atom stereocenters. The molecule has 2 fully saturated rings. The van der Waals surface area contributed by atoms with Gasteiger partial charge in [-0.3, -0.25) is 10.2 Å². The van der Waals surface area contributed by atoms with Crippen molar-refractivity contribution >= 4 is 11.8 Å². The Labute approximate surface area is 165 Å². The van der Waals surface area contributed by atoms with Crippen molar-refractivity contribution in [3.05, 3.63) is 48.4 Å². The molecule has 0 unspecified atom stereocenters. The highest BCUT2D eigenvalue weighted by Gasteiger charge is 2.42. The summed E-state index contributed by atoms with van der Waals surface area (Å²) in [4.78, 5) is 25.2. The largest absolute Gasteiger partial charge is 0.491 e. The minimum absolute atomic E-state index is 0.111. The minimum atomic E-state index is -0.111. The number of aromatic nitrogens is 2. The summed E-state index contributed by atoms with van der Waals surface area (Å²) in [7, 11) is 1.54. The van der Waals surface area contributed by atoms with Crippen LogP contribution in [0, 0.1) is 5.41 Å². The predicted octanol–water partition coefficient (Wildman–Crippen LogP) is 3.01. The molecule has 7 nitrogen and oxygen atoms in total. The molecular formula is C21H27N5O2. The second-order valence-corrected chi connectivity index (χ2v) is 7.80. The van der Waals surface area contributed by atoms with Gasteiger partial charge in [-0.25, -0.2) is 14.8 Å². The normalized spacial score (nSPS) is 19.0. The number of nitrogens with one attached hydrogen (secondary N) is 1. The molecule has 2 aliphatic rings. The van der Waals surface area contributed by atoms with Gasteiger partial charge in [-0.05, 0) is 43.3 Å². The van der Waals surface area contributed by atoms with Crippen LogP contribution in [0.1, 0.15) is 24.8 Å². The number of piperidine rings is 1. The van der Waals surface area contributed by atoms with Crippen LogP contribution in [-0.2, 0) is 6.54 Å². The molecule has 3 heterocycles. The number of benzene rings is 1. The van der Waals surface area contributed by atoms with Gasteiger partial charge >= 0.3 is 6.03 Å². The Kier molecular flexibility index (Phi) is 5.43. The number of nitrogens with zero attached hydrogens (tertiary/aromatic N) is 4. The SMILES string of the molecule is COc1cncnc1NC(=O)N1CCC2(CCN(Cc3ccccc3)CC2)C1. The Hall–Kier alpha value is -2.67. The van der Waals surface area contributed by atoms with Crippen molar-refractivity contribution in [2.24, 2.45) is 5.41 Å². The first kappa shape index (κ1) is 18.7. The third kappa shape index (κ3) is 4.09. The van der Waals surface area contributed by atoms with Crippen molar-refractivity contribution in [2.45, 2.75) is 25.8 Å². The topological polar surface area (TPSA) is 70.6 Å². The second-order valence-electron chi connectivity index (χ2n) is 7.80. The zero-order valence-electron chi connectivity index (χ0n) is 16.3. The molecule has 0 radical (unpaired) electrons. The molecule has 0 saturated carbocycles. The van der Waals surface area contributed by atoms with Crippen molar-refractivity contribution in [3.63, 3.8) is 0 Å². The van der Waals surface area contributed by atoms with Crippen LogP contribution in [0.5, 0.6) is 5.75 Å². The molecular weight excluding hydrogens is 354 g/mol. The van der Waals surface area contributed by atoms with Gasteiger partial charge in [-0.2, -0.15) is 0 Å². The molecule has 2 aliphatic heterocycles. The van der Waals surface area contributed by atoms with Crippen molar-refractivity contribution in [1.29, 1.82) is 0 Å². The maximum atomic E-state index is 12.7. The number of methoxy groups -OCH3 is 1. The molecule has 148 valence electrons. The average Bonchev–Trinajstić information content (AvgIpc) is 3.15. The molecule has 2 saturated heterocycles. The van der Waals surface area contributed by atoms with Gasteiger partial charge in [0.1, 0.15) is 6.33 Å². The highest BCUT2D eigenvalue weighted by atomic mass is 16.5. The summed E-state index contributed by atoms with van der Waals surface area (Å²) in [6.07, 6.45) is 6.31. The number of ether oxygens (including phenoxy) is 1. The first-order valence-electron chi connectivity index (χ1n) is 9.84. The van der Waals surface area contributed by atoms with E-state index in [2.05, 4.69) is 50.5 Å². The smallest absolute Gasteiger partial charge is 0.323 e. The van der Waals surface area contributed by atoms with Gasteiger partial charge in [0, 0.05) is 19.6 Å². The Morgan fingerprint density at radius 2 is 1.93 bits per heavy atom. The average molecular weight is 381 g/mol. The van der Waals surface area contributed by atoms with Gasteiger partial charge in [0.15, 0.2) is 11.6 Å². The highest BCUT2D eigenvalue weighted by Crippen LogP contribution is 2.40. The summed E-state index contributed by atoms with van der Waals surface area (Å²) in [6.45, 7) is 4.78. The molecule has 1 spiro atoms. The lowest BCUT2D eigenvalue weighted by molar-refractivity contribution is 0.106. The van der Waals surface area contributed by atoms with Gasteiger partial charge < -0.3 is 9.64 Å². The third-order valence-electron chi connectivity index (χ3n) is 6.02. The van der Waals surface area contributed by atoms with E-state index in [1.54, 1.807) is 13.3 Å². The van der Waals surface area contributed by atoms with E-state index >= 15 is 0 Å². The Morgan fingerprint density at radius 3 is 2.68 bits per heavy atom. The summed E-state index contributed by atoms with van der Waals surface area (Å²) in [5.41, 5.74) is 1.62. The number of likely N-dealkylation sites (tertiary alicyclic amines) is 2. The van der Waals surface area contributed by atoms with E-state index in [0.717, 1.165) is 52.0 Å². The van der Waals surface area contributed by atoms with Crippen LogP contribution >= 0.6 is 0 Å². The summed E-state index contributed by atoms with van der Waals surface area (Å²) in [5, 5.41) is 2.87. The van der Waals surface area contributed by atoms with E-state index in [4.69, 9.17) is 4.74 Å². The lowest BCUT2D eigenvalue weighted by atomic mass is 9.77. The summed E-state index contributed by atoms with van der Waals surface area (Å²) >= 11 is 0. The van der Waals surface area contributed by atoms with E-state index in [1.807, 2.05) is 4.90 Å². The van der Waals surface area contributed by atoms with Crippen LogP contribution in [0.15, 0.2) is 42.9 Å². The Morgan fingerprint density at radius 1 is 1.18 bits per heavy atom. The number of urea groups is 1. The minimum Gasteiger partial charge on any atom is -0.491 e. The molecule has 2 amide bonds. The molecule has 2 aromatic rings. The highest BCUT2D eigenvalue weighted by molar-refractivity contribution is 5.89. The number of hydrogen-bond donors (Lipinski definition) is 1. The molecule has 4 rings (SSSR count). The maximum Gasteiger partial charge on any atom is 0.323 e. The number of carbonyl (C=O) groups is 1. The van der Waals surface area contributed by atoms with E-state index in [-0.39, 0.29) is 11.4 Å². The van der Waals surface area contributed by atoms with Crippen molar-refractivity contribution in [2.75, 3.05) is 38.6 Å². The van der Waals surface area contributed by atoms with E-state index in [0.29, 0.717) is 11.6 Å². The molecule has 1 aromatic heterocycles. The predicted molar refractivity (Wildman–Crippen MR) is 107 cm³/mol. The van der Waals surface area contributed by atoms with E-state index in [9.17, 15) is 4.79 Å². The number of amides is 2. The van der Waals surface area contributed by atoms with Crippen LogP contribution < -0.4 is 10.1 Å². The fourth-order valence-corrected chi connectivity index (χ4v) is 4.28. The zero-order valence-corrected chi connectivity index (χ0v) is 16.3. The fraction of sp³-hybridized carbons (Fsp3) is 0.476. The summed E-state index contributed by atoms with van der Waals surface area (Å²) in [6, 6.07) is 10.5. The summed E-state index contributed by atoms with van der Waals surface area (Å²) in [5.74, 6) is 0.889. The second kappa shape index (κ2) is 8.14.